The fraction of sp³-hybridized carbons (Fsp3) is 0.500. The van der Waals surface area contributed by atoms with E-state index in [0.717, 1.165) is 29.1 Å². The number of carbonyl (C=O) groups is 1. The second kappa shape index (κ2) is 8.05. The molecule has 0 aliphatic rings. The minimum absolute atomic E-state index is 0.0301. The summed E-state index contributed by atoms with van der Waals surface area (Å²) in [6.45, 7) is 11.3. The average Bonchev–Trinajstić information content (AvgIpc) is 2.80. The SMILES string of the molecule is Cc1nn(CC(C)C)c(C)c1CC(=O)N(C)C(C)c1cccc(Cl)c1. The van der Waals surface area contributed by atoms with Gasteiger partial charge in [-0.05, 0) is 44.4 Å². The summed E-state index contributed by atoms with van der Waals surface area (Å²) in [5.41, 5.74) is 4.10. The summed E-state index contributed by atoms with van der Waals surface area (Å²) in [5.74, 6) is 0.606. The van der Waals surface area contributed by atoms with Crippen molar-refractivity contribution < 1.29 is 4.79 Å². The molecule has 25 heavy (non-hydrogen) atoms. The molecular formula is C20H28ClN3O. The molecule has 1 heterocycles. The molecule has 0 saturated heterocycles. The van der Waals surface area contributed by atoms with Gasteiger partial charge in [0.15, 0.2) is 0 Å². The number of rotatable bonds is 6. The lowest BCUT2D eigenvalue weighted by molar-refractivity contribution is -0.131. The van der Waals surface area contributed by atoms with E-state index < -0.39 is 0 Å². The Hall–Kier alpha value is -1.81. The lowest BCUT2D eigenvalue weighted by Gasteiger charge is -2.25. The Labute approximate surface area is 155 Å². The summed E-state index contributed by atoms with van der Waals surface area (Å²) in [4.78, 5) is 14.6. The molecule has 5 heteroatoms. The Morgan fingerprint density at radius 2 is 1.96 bits per heavy atom. The maximum absolute atomic E-state index is 12.8. The van der Waals surface area contributed by atoms with Crippen molar-refractivity contribution in [1.29, 1.82) is 0 Å². The van der Waals surface area contributed by atoms with Crippen molar-refractivity contribution in [3.63, 3.8) is 0 Å². The number of benzene rings is 1. The molecule has 1 atom stereocenters. The van der Waals surface area contributed by atoms with Crippen molar-refractivity contribution in [2.24, 2.45) is 5.92 Å². The Bertz CT molecular complexity index is 751. The van der Waals surface area contributed by atoms with Crippen LogP contribution in [0.25, 0.3) is 0 Å². The molecule has 0 aliphatic carbocycles. The molecule has 0 aliphatic heterocycles. The van der Waals surface area contributed by atoms with Gasteiger partial charge >= 0.3 is 0 Å². The first-order chi connectivity index (χ1) is 11.7. The van der Waals surface area contributed by atoms with E-state index in [2.05, 4.69) is 18.9 Å². The van der Waals surface area contributed by atoms with Crippen LogP contribution in [0.5, 0.6) is 0 Å². The molecule has 0 bridgehead atoms. The smallest absolute Gasteiger partial charge is 0.227 e. The molecule has 1 unspecified atom stereocenters. The van der Waals surface area contributed by atoms with Crippen LogP contribution >= 0.6 is 11.6 Å². The van der Waals surface area contributed by atoms with Gasteiger partial charge in [-0.15, -0.1) is 0 Å². The molecule has 1 aromatic carbocycles. The predicted octanol–water partition coefficient (Wildman–Crippen LogP) is 4.57. The Morgan fingerprint density at radius 3 is 2.56 bits per heavy atom. The quantitative estimate of drug-likeness (QED) is 0.755. The highest BCUT2D eigenvalue weighted by atomic mass is 35.5. The van der Waals surface area contributed by atoms with Gasteiger partial charge in [-0.25, -0.2) is 0 Å². The monoisotopic (exact) mass is 361 g/mol. The Morgan fingerprint density at radius 1 is 1.28 bits per heavy atom. The van der Waals surface area contributed by atoms with E-state index in [0.29, 0.717) is 17.4 Å². The standard InChI is InChI=1S/C20H28ClN3O/c1-13(2)12-24-16(5)19(14(3)22-24)11-20(25)23(6)15(4)17-8-7-9-18(21)10-17/h7-10,13,15H,11-12H2,1-6H3. The number of nitrogens with zero attached hydrogens (tertiary/aromatic N) is 3. The van der Waals surface area contributed by atoms with Crippen LogP contribution in [0.1, 0.15) is 49.3 Å². The van der Waals surface area contributed by atoms with E-state index in [9.17, 15) is 4.79 Å². The largest absolute Gasteiger partial charge is 0.339 e. The molecule has 0 fully saturated rings. The summed E-state index contributed by atoms with van der Waals surface area (Å²) in [6, 6.07) is 7.63. The molecule has 1 amide bonds. The van der Waals surface area contributed by atoms with Crippen LogP contribution in [0, 0.1) is 19.8 Å². The molecule has 4 nitrogen and oxygen atoms in total. The Balaban J connectivity index is 2.15. The number of amides is 1. The summed E-state index contributed by atoms with van der Waals surface area (Å²) in [7, 11) is 1.84. The van der Waals surface area contributed by atoms with E-state index in [1.165, 1.54) is 0 Å². The fourth-order valence-corrected chi connectivity index (χ4v) is 3.19. The maximum atomic E-state index is 12.8. The van der Waals surface area contributed by atoms with E-state index in [1.54, 1.807) is 4.90 Å². The normalized spacial score (nSPS) is 12.5. The zero-order valence-electron chi connectivity index (χ0n) is 16.0. The van der Waals surface area contributed by atoms with Crippen LogP contribution in [0.4, 0.5) is 0 Å². The highest BCUT2D eigenvalue weighted by Crippen LogP contribution is 2.23. The highest BCUT2D eigenvalue weighted by molar-refractivity contribution is 6.30. The van der Waals surface area contributed by atoms with Crippen molar-refractivity contribution in [2.75, 3.05) is 7.05 Å². The van der Waals surface area contributed by atoms with Crippen LogP contribution in [-0.4, -0.2) is 27.6 Å². The first-order valence-electron chi connectivity index (χ1n) is 8.74. The van der Waals surface area contributed by atoms with Crippen LogP contribution in [0.2, 0.25) is 5.02 Å². The van der Waals surface area contributed by atoms with Gasteiger partial charge in [0, 0.05) is 29.9 Å². The van der Waals surface area contributed by atoms with Gasteiger partial charge in [0.1, 0.15) is 0 Å². The summed E-state index contributed by atoms with van der Waals surface area (Å²) >= 11 is 6.07. The Kier molecular flexibility index (Phi) is 6.28. The topological polar surface area (TPSA) is 38.1 Å². The number of hydrogen-bond donors (Lipinski definition) is 0. The van der Waals surface area contributed by atoms with Crippen LogP contribution < -0.4 is 0 Å². The lowest BCUT2D eigenvalue weighted by Crippen LogP contribution is -2.31. The highest BCUT2D eigenvalue weighted by Gasteiger charge is 2.21. The third kappa shape index (κ3) is 4.63. The molecule has 136 valence electrons. The molecule has 0 spiro atoms. The summed E-state index contributed by atoms with van der Waals surface area (Å²) in [6.07, 6.45) is 0.372. The fourth-order valence-electron chi connectivity index (χ4n) is 3.00. The van der Waals surface area contributed by atoms with Gasteiger partial charge in [0.05, 0.1) is 18.2 Å². The number of likely N-dealkylation sites (N-methyl/N-ethyl adjacent to an activating group) is 1. The van der Waals surface area contributed by atoms with Gasteiger partial charge in [-0.1, -0.05) is 37.6 Å². The van der Waals surface area contributed by atoms with Crippen LogP contribution in [0.3, 0.4) is 0 Å². The molecule has 2 aromatic rings. The molecular weight excluding hydrogens is 334 g/mol. The first kappa shape index (κ1) is 19.5. The zero-order valence-corrected chi connectivity index (χ0v) is 16.8. The van der Waals surface area contributed by atoms with Gasteiger partial charge in [0.25, 0.3) is 0 Å². The predicted molar refractivity (Wildman–Crippen MR) is 103 cm³/mol. The molecule has 2 rings (SSSR count). The van der Waals surface area contributed by atoms with Gasteiger partial charge < -0.3 is 4.90 Å². The van der Waals surface area contributed by atoms with E-state index in [4.69, 9.17) is 11.6 Å². The second-order valence-corrected chi connectivity index (χ2v) is 7.57. The van der Waals surface area contributed by atoms with E-state index in [-0.39, 0.29) is 11.9 Å². The van der Waals surface area contributed by atoms with Gasteiger partial charge in [0.2, 0.25) is 5.91 Å². The number of carbonyl (C=O) groups excluding carboxylic acids is 1. The van der Waals surface area contributed by atoms with E-state index >= 15 is 0 Å². The minimum atomic E-state index is -0.0301. The summed E-state index contributed by atoms with van der Waals surface area (Å²) in [5, 5.41) is 5.29. The zero-order chi connectivity index (χ0) is 18.7. The number of aromatic nitrogens is 2. The summed E-state index contributed by atoms with van der Waals surface area (Å²) < 4.78 is 2.02. The van der Waals surface area contributed by atoms with E-state index in [1.807, 2.05) is 56.8 Å². The average molecular weight is 362 g/mol. The van der Waals surface area contributed by atoms with Crippen molar-refractivity contribution in [2.45, 2.75) is 53.6 Å². The third-order valence-corrected chi connectivity index (χ3v) is 4.94. The van der Waals surface area contributed by atoms with Crippen molar-refractivity contribution in [3.8, 4) is 0 Å². The molecule has 0 saturated carbocycles. The van der Waals surface area contributed by atoms with Gasteiger partial charge in [-0.2, -0.15) is 5.10 Å². The van der Waals surface area contributed by atoms with Crippen molar-refractivity contribution in [3.05, 3.63) is 51.8 Å². The molecule has 1 aromatic heterocycles. The lowest BCUT2D eigenvalue weighted by atomic mass is 10.1. The molecule has 0 radical (unpaired) electrons. The van der Waals surface area contributed by atoms with Crippen molar-refractivity contribution >= 4 is 17.5 Å². The first-order valence-corrected chi connectivity index (χ1v) is 9.12. The van der Waals surface area contributed by atoms with Crippen molar-refractivity contribution in [1.82, 2.24) is 14.7 Å². The number of hydrogen-bond acceptors (Lipinski definition) is 2. The second-order valence-electron chi connectivity index (χ2n) is 7.14. The van der Waals surface area contributed by atoms with Crippen LogP contribution in [-0.2, 0) is 17.8 Å². The minimum Gasteiger partial charge on any atom is -0.339 e. The van der Waals surface area contributed by atoms with Crippen LogP contribution in [0.15, 0.2) is 24.3 Å². The maximum Gasteiger partial charge on any atom is 0.227 e. The van der Waals surface area contributed by atoms with Gasteiger partial charge in [-0.3, -0.25) is 9.48 Å². The number of halogens is 1. The third-order valence-electron chi connectivity index (χ3n) is 4.70. The number of aryl methyl sites for hydroxylation is 1. The molecule has 0 N–H and O–H groups in total.